The fraction of sp³-hybridized carbons (Fsp3) is 0.261. The lowest BCUT2D eigenvalue weighted by Crippen LogP contribution is -2.49. The van der Waals surface area contributed by atoms with Gasteiger partial charge < -0.3 is 10.2 Å². The van der Waals surface area contributed by atoms with Gasteiger partial charge in [-0.1, -0.05) is 30.3 Å². The topological polar surface area (TPSA) is 58.4 Å². The molecule has 1 N–H and O–H groups in total. The average molecular weight is 384 g/mol. The molecule has 29 heavy (non-hydrogen) atoms. The van der Waals surface area contributed by atoms with Crippen molar-refractivity contribution in [2.75, 3.05) is 24.5 Å². The van der Waals surface area contributed by atoms with Crippen LogP contribution >= 0.6 is 0 Å². The number of rotatable bonds is 3. The van der Waals surface area contributed by atoms with Gasteiger partial charge in [-0.05, 0) is 38.1 Å². The second-order valence-corrected chi connectivity index (χ2v) is 7.62. The number of nitrogens with one attached hydrogen (secondary N) is 1. The van der Waals surface area contributed by atoms with Crippen molar-refractivity contribution in [1.82, 2.24) is 24.9 Å². The van der Waals surface area contributed by atoms with Crippen LogP contribution in [0.5, 0.6) is 0 Å². The predicted octanol–water partition coefficient (Wildman–Crippen LogP) is 3.56. The number of pyridine rings is 1. The van der Waals surface area contributed by atoms with Gasteiger partial charge in [0.25, 0.3) is 0 Å². The summed E-state index contributed by atoms with van der Waals surface area (Å²) in [5.74, 6) is 0.981. The number of fused-ring (bicyclic) bond motifs is 1. The van der Waals surface area contributed by atoms with E-state index in [4.69, 9.17) is 10.1 Å². The molecule has 1 aromatic carbocycles. The third-order valence-electron chi connectivity index (χ3n) is 5.37. The summed E-state index contributed by atoms with van der Waals surface area (Å²) in [5, 5.41) is 8.51. The minimum atomic E-state index is 0.450. The number of benzene rings is 1. The van der Waals surface area contributed by atoms with E-state index in [0.29, 0.717) is 6.04 Å². The van der Waals surface area contributed by atoms with Gasteiger partial charge in [-0.2, -0.15) is 0 Å². The predicted molar refractivity (Wildman–Crippen MR) is 116 cm³/mol. The Bertz CT molecular complexity index is 1150. The molecule has 1 aliphatic rings. The van der Waals surface area contributed by atoms with Crippen molar-refractivity contribution in [1.29, 1.82) is 0 Å². The lowest BCUT2D eigenvalue weighted by atomic mass is 10.1. The van der Waals surface area contributed by atoms with E-state index >= 15 is 0 Å². The first-order chi connectivity index (χ1) is 14.2. The zero-order chi connectivity index (χ0) is 19.8. The van der Waals surface area contributed by atoms with Crippen LogP contribution in [0.25, 0.3) is 28.2 Å². The fourth-order valence-corrected chi connectivity index (χ4v) is 3.98. The third kappa shape index (κ3) is 3.36. The Hall–Kier alpha value is -3.25. The molecule has 0 aliphatic carbocycles. The molecule has 0 bridgehead atoms. The van der Waals surface area contributed by atoms with Crippen LogP contribution in [-0.4, -0.2) is 45.3 Å². The van der Waals surface area contributed by atoms with Gasteiger partial charge >= 0.3 is 0 Å². The van der Waals surface area contributed by atoms with Crippen molar-refractivity contribution < 1.29 is 0 Å². The molecule has 146 valence electrons. The zero-order valence-corrected chi connectivity index (χ0v) is 16.7. The molecule has 0 spiro atoms. The normalized spacial score (nSPS) is 17.0. The Balaban J connectivity index is 1.71. The van der Waals surface area contributed by atoms with Crippen LogP contribution in [0.1, 0.15) is 12.6 Å². The summed E-state index contributed by atoms with van der Waals surface area (Å²) in [7, 11) is 0. The van der Waals surface area contributed by atoms with Crippen LogP contribution in [0.2, 0.25) is 0 Å². The summed E-state index contributed by atoms with van der Waals surface area (Å²) >= 11 is 0. The highest BCUT2D eigenvalue weighted by Crippen LogP contribution is 2.33. The van der Waals surface area contributed by atoms with E-state index in [1.807, 2.05) is 41.9 Å². The Morgan fingerprint density at radius 3 is 2.69 bits per heavy atom. The van der Waals surface area contributed by atoms with Crippen LogP contribution in [0.4, 0.5) is 5.82 Å². The van der Waals surface area contributed by atoms with Gasteiger partial charge in [0.15, 0.2) is 5.65 Å². The molecule has 1 unspecified atom stereocenters. The van der Waals surface area contributed by atoms with Crippen LogP contribution in [-0.2, 0) is 0 Å². The van der Waals surface area contributed by atoms with E-state index in [1.54, 1.807) is 0 Å². The SMILES string of the molecule is Cc1cc(-c2c(-c3ccccc3)nc3ccc(N4CCNC(C)C4)nn23)ccn1. The molecule has 5 rings (SSSR count). The molecule has 4 heterocycles. The maximum Gasteiger partial charge on any atom is 0.155 e. The van der Waals surface area contributed by atoms with Crippen molar-refractivity contribution in [2.45, 2.75) is 19.9 Å². The number of hydrogen-bond donors (Lipinski definition) is 1. The van der Waals surface area contributed by atoms with Gasteiger partial charge in [-0.25, -0.2) is 9.50 Å². The van der Waals surface area contributed by atoms with Gasteiger partial charge in [-0.3, -0.25) is 4.98 Å². The van der Waals surface area contributed by atoms with Gasteiger partial charge in [-0.15, -0.1) is 5.10 Å². The summed E-state index contributed by atoms with van der Waals surface area (Å²) in [6, 6.07) is 19.0. The molecule has 6 heteroatoms. The van der Waals surface area contributed by atoms with Crippen molar-refractivity contribution in [3.05, 3.63) is 66.5 Å². The molecule has 1 atom stereocenters. The molecule has 0 radical (unpaired) electrons. The highest BCUT2D eigenvalue weighted by atomic mass is 15.3. The molecule has 1 aliphatic heterocycles. The van der Waals surface area contributed by atoms with E-state index in [1.165, 1.54) is 0 Å². The van der Waals surface area contributed by atoms with E-state index in [-0.39, 0.29) is 0 Å². The largest absolute Gasteiger partial charge is 0.352 e. The molecule has 0 amide bonds. The summed E-state index contributed by atoms with van der Waals surface area (Å²) in [6.07, 6.45) is 1.85. The second kappa shape index (κ2) is 7.29. The van der Waals surface area contributed by atoms with Crippen molar-refractivity contribution in [3.8, 4) is 22.5 Å². The van der Waals surface area contributed by atoms with Crippen LogP contribution in [0, 0.1) is 6.92 Å². The highest BCUT2D eigenvalue weighted by molar-refractivity contribution is 5.81. The average Bonchev–Trinajstić information content (AvgIpc) is 3.13. The summed E-state index contributed by atoms with van der Waals surface area (Å²) in [5.41, 5.74) is 5.92. The fourth-order valence-electron chi connectivity index (χ4n) is 3.98. The number of imidazole rings is 1. The molecular weight excluding hydrogens is 360 g/mol. The molecular formula is C23H24N6. The lowest BCUT2D eigenvalue weighted by molar-refractivity contribution is 0.481. The molecule has 0 saturated carbocycles. The van der Waals surface area contributed by atoms with E-state index in [2.05, 4.69) is 52.5 Å². The smallest absolute Gasteiger partial charge is 0.155 e. The van der Waals surface area contributed by atoms with Gasteiger partial charge in [0.1, 0.15) is 11.5 Å². The first-order valence-electron chi connectivity index (χ1n) is 10.1. The summed E-state index contributed by atoms with van der Waals surface area (Å²) in [4.78, 5) is 11.6. The van der Waals surface area contributed by atoms with Crippen LogP contribution < -0.4 is 10.2 Å². The number of hydrogen-bond acceptors (Lipinski definition) is 5. The van der Waals surface area contributed by atoms with Crippen molar-refractivity contribution in [2.24, 2.45) is 0 Å². The first-order valence-corrected chi connectivity index (χ1v) is 10.1. The zero-order valence-electron chi connectivity index (χ0n) is 16.7. The Morgan fingerprint density at radius 2 is 1.90 bits per heavy atom. The molecule has 1 saturated heterocycles. The quantitative estimate of drug-likeness (QED) is 0.585. The maximum absolute atomic E-state index is 5.02. The third-order valence-corrected chi connectivity index (χ3v) is 5.37. The van der Waals surface area contributed by atoms with E-state index < -0.39 is 0 Å². The first kappa shape index (κ1) is 17.8. The Morgan fingerprint density at radius 1 is 1.03 bits per heavy atom. The maximum atomic E-state index is 5.02. The minimum Gasteiger partial charge on any atom is -0.352 e. The standard InChI is InChI=1S/C23H24N6/c1-16-14-19(10-11-24-16)23-22(18-6-4-3-5-7-18)26-20-8-9-21(27-29(20)23)28-13-12-25-17(2)15-28/h3-11,14,17,25H,12-13,15H2,1-2H3. The van der Waals surface area contributed by atoms with Gasteiger partial charge in [0.2, 0.25) is 0 Å². The minimum absolute atomic E-state index is 0.450. The Labute approximate surface area is 170 Å². The monoisotopic (exact) mass is 384 g/mol. The second-order valence-electron chi connectivity index (χ2n) is 7.62. The van der Waals surface area contributed by atoms with Gasteiger partial charge in [0.05, 0.1) is 5.69 Å². The van der Waals surface area contributed by atoms with E-state index in [0.717, 1.165) is 59.3 Å². The van der Waals surface area contributed by atoms with Crippen LogP contribution in [0.3, 0.4) is 0 Å². The lowest BCUT2D eigenvalue weighted by Gasteiger charge is -2.32. The molecule has 1 fully saturated rings. The summed E-state index contributed by atoms with van der Waals surface area (Å²) in [6.45, 7) is 7.09. The number of nitrogens with zero attached hydrogens (tertiary/aromatic N) is 5. The molecule has 3 aromatic heterocycles. The molecule has 6 nitrogen and oxygen atoms in total. The van der Waals surface area contributed by atoms with Gasteiger partial charge in [0, 0.05) is 48.7 Å². The van der Waals surface area contributed by atoms with E-state index in [9.17, 15) is 0 Å². The molecule has 4 aromatic rings. The van der Waals surface area contributed by atoms with Crippen molar-refractivity contribution in [3.63, 3.8) is 0 Å². The Kier molecular flexibility index (Phi) is 4.48. The number of piperazine rings is 1. The number of aromatic nitrogens is 4. The summed E-state index contributed by atoms with van der Waals surface area (Å²) < 4.78 is 1.99. The van der Waals surface area contributed by atoms with Crippen LogP contribution in [0.15, 0.2) is 60.8 Å². The number of anilines is 1. The van der Waals surface area contributed by atoms with Crippen molar-refractivity contribution >= 4 is 11.5 Å². The number of aryl methyl sites for hydroxylation is 1. The highest BCUT2D eigenvalue weighted by Gasteiger charge is 2.21.